The van der Waals surface area contributed by atoms with E-state index in [2.05, 4.69) is 10.00 Å². The fraction of sp³-hybridized carbons (Fsp3) is 0.192. The van der Waals surface area contributed by atoms with Gasteiger partial charge < -0.3 is 18.8 Å². The third kappa shape index (κ3) is 4.49. The van der Waals surface area contributed by atoms with Crippen molar-refractivity contribution in [3.8, 4) is 28.6 Å². The number of hydrogen-bond acceptors (Lipinski definition) is 5. The van der Waals surface area contributed by atoms with Crippen LogP contribution >= 0.6 is 0 Å². The van der Waals surface area contributed by atoms with E-state index in [-0.39, 0.29) is 5.69 Å². The molecule has 5 rings (SSSR count). The minimum absolute atomic E-state index is 0.230. The Kier molecular flexibility index (Phi) is 5.76. The normalized spacial score (nSPS) is 13.1. The van der Waals surface area contributed by atoms with E-state index >= 15 is 0 Å². The van der Waals surface area contributed by atoms with Crippen molar-refractivity contribution in [1.82, 2.24) is 14.7 Å². The summed E-state index contributed by atoms with van der Waals surface area (Å²) in [5.74, 6) is 1.73. The molecule has 6 nitrogen and oxygen atoms in total. The summed E-state index contributed by atoms with van der Waals surface area (Å²) in [6, 6.07) is 15.4. The van der Waals surface area contributed by atoms with Crippen LogP contribution < -0.4 is 9.47 Å². The van der Waals surface area contributed by atoms with E-state index in [0.29, 0.717) is 30.3 Å². The Hall–Kier alpha value is -4.14. The number of ether oxygens (including phenoxy) is 2. The number of nitrogens with zero attached hydrogens (tertiary/aromatic N) is 3. The standard InChI is InChI=1S/C26H22F3N3O3/c1-33-21-8-6-18(24(13-21)34-2)15-31-10-9-17-5-7-20(12-19(17)16-31)32-22(23-4-3-11-35-23)14-25(30-32)26(27,28)29/h3-14H,15-16H2,1-2H3. The number of furan rings is 1. The molecule has 0 saturated carbocycles. The number of benzene rings is 2. The second kappa shape index (κ2) is 8.90. The second-order valence-corrected chi connectivity index (χ2v) is 8.08. The predicted molar refractivity (Wildman–Crippen MR) is 124 cm³/mol. The van der Waals surface area contributed by atoms with E-state index < -0.39 is 11.9 Å². The molecule has 1 aliphatic heterocycles. The summed E-state index contributed by atoms with van der Waals surface area (Å²) >= 11 is 0. The molecule has 180 valence electrons. The fourth-order valence-electron chi connectivity index (χ4n) is 4.11. The molecule has 9 heteroatoms. The minimum atomic E-state index is -4.57. The van der Waals surface area contributed by atoms with E-state index in [1.54, 1.807) is 32.4 Å². The van der Waals surface area contributed by atoms with E-state index in [9.17, 15) is 13.2 Å². The van der Waals surface area contributed by atoms with E-state index in [0.717, 1.165) is 28.5 Å². The quantitative estimate of drug-likeness (QED) is 0.330. The lowest BCUT2D eigenvalue weighted by atomic mass is 10.0. The fourth-order valence-corrected chi connectivity index (χ4v) is 4.11. The topological polar surface area (TPSA) is 52.7 Å². The van der Waals surface area contributed by atoms with Crippen molar-refractivity contribution in [2.24, 2.45) is 0 Å². The van der Waals surface area contributed by atoms with Gasteiger partial charge in [-0.15, -0.1) is 0 Å². The number of rotatable bonds is 6. The summed E-state index contributed by atoms with van der Waals surface area (Å²) in [7, 11) is 3.21. The summed E-state index contributed by atoms with van der Waals surface area (Å²) in [5.41, 5.74) is 2.71. The summed E-state index contributed by atoms with van der Waals surface area (Å²) in [6.45, 7) is 1.16. The summed E-state index contributed by atoms with van der Waals surface area (Å²) in [5, 5.41) is 3.85. The molecule has 1 aliphatic rings. The van der Waals surface area contributed by atoms with Crippen LogP contribution in [0.25, 0.3) is 23.2 Å². The Morgan fingerprint density at radius 3 is 2.60 bits per heavy atom. The first-order chi connectivity index (χ1) is 16.9. The molecule has 0 radical (unpaired) electrons. The highest BCUT2D eigenvalue weighted by molar-refractivity contribution is 5.62. The average molecular weight is 481 g/mol. The zero-order valence-electron chi connectivity index (χ0n) is 19.0. The van der Waals surface area contributed by atoms with Crippen molar-refractivity contribution >= 4 is 6.08 Å². The van der Waals surface area contributed by atoms with Crippen molar-refractivity contribution in [2.45, 2.75) is 19.3 Å². The van der Waals surface area contributed by atoms with Crippen molar-refractivity contribution in [3.05, 3.63) is 89.4 Å². The molecule has 4 aromatic rings. The van der Waals surface area contributed by atoms with E-state index in [1.165, 1.54) is 10.9 Å². The summed E-state index contributed by atoms with van der Waals surface area (Å²) in [4.78, 5) is 2.11. The van der Waals surface area contributed by atoms with Gasteiger partial charge in [-0.05, 0) is 53.6 Å². The van der Waals surface area contributed by atoms with Gasteiger partial charge in [0.1, 0.15) is 17.2 Å². The molecule has 0 saturated heterocycles. The van der Waals surface area contributed by atoms with Crippen molar-refractivity contribution in [2.75, 3.05) is 14.2 Å². The van der Waals surface area contributed by atoms with Crippen LogP contribution in [0.2, 0.25) is 0 Å². The van der Waals surface area contributed by atoms with Gasteiger partial charge in [-0.3, -0.25) is 0 Å². The molecule has 35 heavy (non-hydrogen) atoms. The van der Waals surface area contributed by atoms with Crippen molar-refractivity contribution in [1.29, 1.82) is 0 Å². The lowest BCUT2D eigenvalue weighted by molar-refractivity contribution is -0.141. The molecule has 0 amide bonds. The van der Waals surface area contributed by atoms with Crippen LogP contribution in [0.15, 0.2) is 71.5 Å². The molecule has 2 aromatic heterocycles. The molecule has 3 heterocycles. The third-order valence-electron chi connectivity index (χ3n) is 5.85. The van der Waals surface area contributed by atoms with E-state index in [4.69, 9.17) is 13.9 Å². The van der Waals surface area contributed by atoms with Gasteiger partial charge in [0.25, 0.3) is 0 Å². The first-order valence-electron chi connectivity index (χ1n) is 10.8. The van der Waals surface area contributed by atoms with E-state index in [1.807, 2.05) is 42.6 Å². The van der Waals surface area contributed by atoms with Gasteiger partial charge in [0.2, 0.25) is 0 Å². The number of fused-ring (bicyclic) bond motifs is 1. The third-order valence-corrected chi connectivity index (χ3v) is 5.85. The Labute approximate surface area is 199 Å². The average Bonchev–Trinajstić information content (AvgIpc) is 3.54. The predicted octanol–water partition coefficient (Wildman–Crippen LogP) is 6.15. The maximum Gasteiger partial charge on any atom is 0.435 e. The molecular formula is C26H22F3N3O3. The molecular weight excluding hydrogens is 459 g/mol. The van der Waals surface area contributed by atoms with Crippen molar-refractivity contribution in [3.63, 3.8) is 0 Å². The maximum absolute atomic E-state index is 13.4. The maximum atomic E-state index is 13.4. The van der Waals surface area contributed by atoms with Crippen molar-refractivity contribution < 1.29 is 27.1 Å². The van der Waals surface area contributed by atoms with Gasteiger partial charge in [-0.1, -0.05) is 6.07 Å². The highest BCUT2D eigenvalue weighted by Crippen LogP contribution is 2.34. The highest BCUT2D eigenvalue weighted by atomic mass is 19.4. The van der Waals surface area contributed by atoms with Gasteiger partial charge in [0.05, 0.1) is 26.2 Å². The van der Waals surface area contributed by atoms with Crippen LogP contribution in [-0.4, -0.2) is 28.9 Å². The Morgan fingerprint density at radius 1 is 1.03 bits per heavy atom. The molecule has 0 atom stereocenters. The van der Waals surface area contributed by atoms with Gasteiger partial charge in [0, 0.05) is 37.0 Å². The van der Waals surface area contributed by atoms with Crippen LogP contribution in [0.1, 0.15) is 22.4 Å². The van der Waals surface area contributed by atoms with Gasteiger partial charge in [-0.2, -0.15) is 18.3 Å². The lowest BCUT2D eigenvalue weighted by Gasteiger charge is -2.26. The largest absolute Gasteiger partial charge is 0.497 e. The number of hydrogen-bond donors (Lipinski definition) is 0. The smallest absolute Gasteiger partial charge is 0.435 e. The molecule has 0 bridgehead atoms. The summed E-state index contributed by atoms with van der Waals surface area (Å²) < 4.78 is 57.7. The Balaban J connectivity index is 1.46. The number of aromatic nitrogens is 2. The molecule has 0 N–H and O–H groups in total. The first-order valence-corrected chi connectivity index (χ1v) is 10.8. The summed E-state index contributed by atoms with van der Waals surface area (Å²) in [6.07, 6.45) is 0.826. The van der Waals surface area contributed by atoms with Crippen LogP contribution in [0.3, 0.4) is 0 Å². The number of methoxy groups -OCH3 is 2. The SMILES string of the molecule is COc1ccc(CN2C=Cc3ccc(-n4nc(C(F)(F)F)cc4-c4ccco4)cc3C2)c(OC)c1. The molecule has 2 aromatic carbocycles. The van der Waals surface area contributed by atoms with Gasteiger partial charge in [0.15, 0.2) is 11.5 Å². The van der Waals surface area contributed by atoms with Crippen LogP contribution in [0, 0.1) is 0 Å². The van der Waals surface area contributed by atoms with Crippen LogP contribution in [0.5, 0.6) is 11.5 Å². The Morgan fingerprint density at radius 2 is 1.89 bits per heavy atom. The molecule has 0 unspecified atom stereocenters. The zero-order valence-corrected chi connectivity index (χ0v) is 19.0. The number of alkyl halides is 3. The number of halogens is 3. The molecule has 0 spiro atoms. The van der Waals surface area contributed by atoms with Gasteiger partial charge in [-0.25, -0.2) is 4.68 Å². The Bertz CT molecular complexity index is 1370. The van der Waals surface area contributed by atoms with Crippen LogP contribution in [0.4, 0.5) is 13.2 Å². The lowest BCUT2D eigenvalue weighted by Crippen LogP contribution is -2.20. The highest BCUT2D eigenvalue weighted by Gasteiger charge is 2.35. The monoisotopic (exact) mass is 481 g/mol. The van der Waals surface area contributed by atoms with Crippen LogP contribution in [-0.2, 0) is 19.3 Å². The molecule has 0 aliphatic carbocycles. The van der Waals surface area contributed by atoms with Gasteiger partial charge >= 0.3 is 6.18 Å². The second-order valence-electron chi connectivity index (χ2n) is 8.08. The molecule has 0 fully saturated rings. The minimum Gasteiger partial charge on any atom is -0.497 e. The zero-order chi connectivity index (χ0) is 24.6. The first kappa shape index (κ1) is 22.6.